The molecule has 0 spiro atoms. The first-order chi connectivity index (χ1) is 14.0. The molecule has 150 valence electrons. The van der Waals surface area contributed by atoms with Crippen LogP contribution in [0.4, 0.5) is 11.4 Å². The summed E-state index contributed by atoms with van der Waals surface area (Å²) in [5.41, 5.74) is 2.77. The molecule has 1 saturated heterocycles. The average Bonchev–Trinajstić information content (AvgIpc) is 3.36. The molecule has 7 heteroatoms. The molecule has 1 aliphatic heterocycles. The number of benzene rings is 2. The van der Waals surface area contributed by atoms with Crippen LogP contribution in [0.5, 0.6) is 5.75 Å². The molecule has 3 aromatic rings. The van der Waals surface area contributed by atoms with Gasteiger partial charge < -0.3 is 19.1 Å². The first-order valence-corrected chi connectivity index (χ1v) is 9.69. The number of aromatic nitrogens is 2. The summed E-state index contributed by atoms with van der Waals surface area (Å²) in [5.74, 6) is 1.79. The van der Waals surface area contributed by atoms with Crippen LogP contribution in [0.25, 0.3) is 11.5 Å². The molecule has 0 N–H and O–H groups in total. The van der Waals surface area contributed by atoms with Gasteiger partial charge in [-0.15, -0.1) is 0 Å². The third-order valence-corrected chi connectivity index (χ3v) is 5.00. The van der Waals surface area contributed by atoms with E-state index in [2.05, 4.69) is 10.1 Å². The highest BCUT2D eigenvalue weighted by Gasteiger charge is 2.34. The highest BCUT2D eigenvalue weighted by atomic mass is 16.5. The van der Waals surface area contributed by atoms with Crippen molar-refractivity contribution < 1.29 is 14.1 Å². The van der Waals surface area contributed by atoms with Crippen molar-refractivity contribution in [2.75, 3.05) is 37.0 Å². The Morgan fingerprint density at radius 1 is 1.21 bits per heavy atom. The van der Waals surface area contributed by atoms with E-state index in [0.29, 0.717) is 31.3 Å². The van der Waals surface area contributed by atoms with Crippen LogP contribution in [-0.4, -0.2) is 43.3 Å². The zero-order chi connectivity index (χ0) is 20.4. The summed E-state index contributed by atoms with van der Waals surface area (Å²) in [7, 11) is 3.97. The summed E-state index contributed by atoms with van der Waals surface area (Å²) in [6.07, 6.45) is 0.365. The predicted molar refractivity (Wildman–Crippen MR) is 111 cm³/mol. The van der Waals surface area contributed by atoms with Crippen LogP contribution in [0.1, 0.15) is 25.1 Å². The Morgan fingerprint density at radius 2 is 2.00 bits per heavy atom. The fourth-order valence-electron chi connectivity index (χ4n) is 3.45. The molecule has 0 saturated carbocycles. The minimum absolute atomic E-state index is 0.0557. The molecule has 1 fully saturated rings. The molecule has 29 heavy (non-hydrogen) atoms. The van der Waals surface area contributed by atoms with Gasteiger partial charge in [0.05, 0.1) is 6.61 Å². The SMILES string of the molecule is CCOc1ccc(N2CC(c3noc(-c4cccc(N(C)C)c4)n3)CC2=O)cc1. The van der Waals surface area contributed by atoms with Gasteiger partial charge in [-0.25, -0.2) is 0 Å². The van der Waals surface area contributed by atoms with E-state index in [0.717, 1.165) is 22.7 Å². The largest absolute Gasteiger partial charge is 0.494 e. The van der Waals surface area contributed by atoms with Gasteiger partial charge in [0.25, 0.3) is 5.89 Å². The van der Waals surface area contributed by atoms with Crippen LogP contribution in [0, 0.1) is 0 Å². The van der Waals surface area contributed by atoms with E-state index >= 15 is 0 Å². The van der Waals surface area contributed by atoms with Gasteiger partial charge in [-0.2, -0.15) is 4.98 Å². The Balaban J connectivity index is 1.50. The van der Waals surface area contributed by atoms with Gasteiger partial charge in [-0.3, -0.25) is 4.79 Å². The lowest BCUT2D eigenvalue weighted by Gasteiger charge is -2.16. The molecule has 0 radical (unpaired) electrons. The zero-order valence-electron chi connectivity index (χ0n) is 16.8. The molecule has 2 heterocycles. The number of amides is 1. The standard InChI is InChI=1S/C22H24N4O3/c1-4-28-19-10-8-17(9-11-19)26-14-16(13-20(26)27)21-23-22(29-24-21)15-6-5-7-18(12-15)25(2)3/h5-12,16H,4,13-14H2,1-3H3. The Hall–Kier alpha value is -3.35. The third kappa shape index (κ3) is 3.94. The first kappa shape index (κ1) is 19.0. The molecular weight excluding hydrogens is 368 g/mol. The van der Waals surface area contributed by atoms with E-state index in [-0.39, 0.29) is 11.8 Å². The maximum atomic E-state index is 12.6. The Bertz CT molecular complexity index is 997. The summed E-state index contributed by atoms with van der Waals surface area (Å²) in [6.45, 7) is 3.09. The Kier molecular flexibility index (Phi) is 5.20. The molecule has 1 amide bonds. The summed E-state index contributed by atoms with van der Waals surface area (Å²) >= 11 is 0. The van der Waals surface area contributed by atoms with E-state index in [1.54, 1.807) is 4.90 Å². The van der Waals surface area contributed by atoms with Gasteiger partial charge >= 0.3 is 0 Å². The number of hydrogen-bond acceptors (Lipinski definition) is 6. The quantitative estimate of drug-likeness (QED) is 0.637. The molecule has 4 rings (SSSR count). The summed E-state index contributed by atoms with van der Waals surface area (Å²) in [5, 5.41) is 4.15. The highest BCUT2D eigenvalue weighted by molar-refractivity contribution is 5.96. The van der Waals surface area contributed by atoms with E-state index in [9.17, 15) is 4.79 Å². The van der Waals surface area contributed by atoms with E-state index in [1.165, 1.54) is 0 Å². The van der Waals surface area contributed by atoms with Gasteiger partial charge in [0.1, 0.15) is 5.75 Å². The van der Waals surface area contributed by atoms with Gasteiger partial charge in [0.15, 0.2) is 5.82 Å². The van der Waals surface area contributed by atoms with Crippen LogP contribution >= 0.6 is 0 Å². The van der Waals surface area contributed by atoms with Crippen molar-refractivity contribution in [1.29, 1.82) is 0 Å². The molecule has 0 aliphatic carbocycles. The van der Waals surface area contributed by atoms with Crippen LogP contribution in [-0.2, 0) is 4.79 Å². The minimum Gasteiger partial charge on any atom is -0.494 e. The van der Waals surface area contributed by atoms with Crippen LogP contribution in [0.15, 0.2) is 53.1 Å². The van der Waals surface area contributed by atoms with Crippen molar-refractivity contribution in [2.45, 2.75) is 19.3 Å². The number of carbonyl (C=O) groups excluding carboxylic acids is 1. The normalized spacial score (nSPS) is 16.3. The second-order valence-electron chi connectivity index (χ2n) is 7.23. The molecule has 1 aliphatic rings. The smallest absolute Gasteiger partial charge is 0.258 e. The van der Waals surface area contributed by atoms with Gasteiger partial charge in [0, 0.05) is 49.9 Å². The number of hydrogen-bond donors (Lipinski definition) is 0. The second kappa shape index (κ2) is 7.95. The molecular formula is C22H24N4O3. The zero-order valence-corrected chi connectivity index (χ0v) is 16.8. The van der Waals surface area contributed by atoms with Gasteiger partial charge in [-0.1, -0.05) is 11.2 Å². The second-order valence-corrected chi connectivity index (χ2v) is 7.23. The first-order valence-electron chi connectivity index (χ1n) is 9.69. The molecule has 1 aromatic heterocycles. The summed E-state index contributed by atoms with van der Waals surface area (Å²) in [4.78, 5) is 20.9. The topological polar surface area (TPSA) is 71.7 Å². The predicted octanol–water partition coefficient (Wildman–Crippen LogP) is 3.72. The van der Waals surface area contributed by atoms with E-state index in [4.69, 9.17) is 9.26 Å². The fourth-order valence-corrected chi connectivity index (χ4v) is 3.45. The molecule has 1 unspecified atom stereocenters. The number of rotatable bonds is 6. The highest BCUT2D eigenvalue weighted by Crippen LogP contribution is 2.32. The Labute approximate surface area is 169 Å². The van der Waals surface area contributed by atoms with E-state index in [1.807, 2.05) is 74.4 Å². The number of nitrogens with zero attached hydrogens (tertiary/aromatic N) is 4. The maximum Gasteiger partial charge on any atom is 0.258 e. The monoisotopic (exact) mass is 392 g/mol. The minimum atomic E-state index is -0.0939. The van der Waals surface area contributed by atoms with Crippen LogP contribution < -0.4 is 14.5 Å². The van der Waals surface area contributed by atoms with Crippen LogP contribution in [0.3, 0.4) is 0 Å². The average molecular weight is 392 g/mol. The third-order valence-electron chi connectivity index (χ3n) is 5.00. The van der Waals surface area contributed by atoms with Crippen molar-refractivity contribution in [3.05, 3.63) is 54.4 Å². The molecule has 2 aromatic carbocycles. The molecule has 0 bridgehead atoms. The lowest BCUT2D eigenvalue weighted by molar-refractivity contribution is -0.117. The number of anilines is 2. The summed E-state index contributed by atoms with van der Waals surface area (Å²) < 4.78 is 11.0. The van der Waals surface area contributed by atoms with Crippen molar-refractivity contribution in [2.24, 2.45) is 0 Å². The van der Waals surface area contributed by atoms with E-state index < -0.39 is 0 Å². The lowest BCUT2D eigenvalue weighted by Crippen LogP contribution is -2.24. The maximum absolute atomic E-state index is 12.6. The summed E-state index contributed by atoms with van der Waals surface area (Å²) in [6, 6.07) is 15.5. The van der Waals surface area contributed by atoms with Crippen LogP contribution in [0.2, 0.25) is 0 Å². The van der Waals surface area contributed by atoms with Gasteiger partial charge in [0.2, 0.25) is 5.91 Å². The Morgan fingerprint density at radius 3 is 2.72 bits per heavy atom. The number of carbonyl (C=O) groups is 1. The van der Waals surface area contributed by atoms with Crippen molar-refractivity contribution >= 4 is 17.3 Å². The molecule has 7 nitrogen and oxygen atoms in total. The van der Waals surface area contributed by atoms with Gasteiger partial charge in [-0.05, 0) is 49.4 Å². The van der Waals surface area contributed by atoms with Crippen molar-refractivity contribution in [3.63, 3.8) is 0 Å². The fraction of sp³-hybridized carbons (Fsp3) is 0.318. The lowest BCUT2D eigenvalue weighted by atomic mass is 10.1. The van der Waals surface area contributed by atoms with Crippen molar-refractivity contribution in [3.8, 4) is 17.2 Å². The molecule has 1 atom stereocenters. The number of ether oxygens (including phenoxy) is 1. The van der Waals surface area contributed by atoms with Crippen molar-refractivity contribution in [1.82, 2.24) is 10.1 Å².